The van der Waals surface area contributed by atoms with Crippen molar-refractivity contribution >= 4 is 23.3 Å². The van der Waals surface area contributed by atoms with Gasteiger partial charge in [0, 0.05) is 30.6 Å². The molecule has 0 unspecified atom stereocenters. The van der Waals surface area contributed by atoms with Gasteiger partial charge in [-0.3, -0.25) is 9.97 Å². The molecule has 0 aliphatic rings. The van der Waals surface area contributed by atoms with Gasteiger partial charge in [0.1, 0.15) is 0 Å². The minimum atomic E-state index is -0.291. The van der Waals surface area contributed by atoms with Crippen LogP contribution in [0.2, 0.25) is 5.02 Å². The second-order valence-electron chi connectivity index (χ2n) is 5.32. The zero-order chi connectivity index (χ0) is 15.3. The number of anilines is 1. The summed E-state index contributed by atoms with van der Waals surface area (Å²) in [6, 6.07) is 5.24. The number of amides is 2. The van der Waals surface area contributed by atoms with Gasteiger partial charge in [-0.2, -0.15) is 0 Å². The van der Waals surface area contributed by atoms with Crippen LogP contribution in [0.15, 0.2) is 43.0 Å². The number of urea groups is 1. The quantitative estimate of drug-likeness (QED) is 0.911. The van der Waals surface area contributed by atoms with E-state index in [0.717, 1.165) is 5.56 Å². The zero-order valence-electron chi connectivity index (χ0n) is 11.9. The van der Waals surface area contributed by atoms with Gasteiger partial charge in [0.2, 0.25) is 0 Å². The molecule has 0 atom stereocenters. The molecule has 0 aromatic carbocycles. The first kappa shape index (κ1) is 15.3. The Morgan fingerprint density at radius 2 is 1.95 bits per heavy atom. The summed E-state index contributed by atoms with van der Waals surface area (Å²) >= 11 is 5.82. The normalized spacial score (nSPS) is 11.0. The molecule has 2 amide bonds. The average Bonchev–Trinajstić information content (AvgIpc) is 2.46. The van der Waals surface area contributed by atoms with Gasteiger partial charge in [-0.15, -0.1) is 0 Å². The van der Waals surface area contributed by atoms with Crippen LogP contribution in [0.25, 0.3) is 0 Å². The molecule has 0 aliphatic carbocycles. The van der Waals surface area contributed by atoms with Crippen LogP contribution in [0.1, 0.15) is 19.4 Å². The highest BCUT2D eigenvalue weighted by Gasteiger charge is 2.21. The van der Waals surface area contributed by atoms with E-state index in [4.69, 9.17) is 11.6 Å². The van der Waals surface area contributed by atoms with Gasteiger partial charge in [0.25, 0.3) is 0 Å². The van der Waals surface area contributed by atoms with Gasteiger partial charge in [-0.1, -0.05) is 25.4 Å². The molecular weight excluding hydrogens is 288 g/mol. The number of nitrogens with zero attached hydrogens (tertiary/aromatic N) is 2. The Labute approximate surface area is 128 Å². The topological polar surface area (TPSA) is 66.9 Å². The first-order valence-corrected chi connectivity index (χ1v) is 6.91. The van der Waals surface area contributed by atoms with Crippen molar-refractivity contribution in [2.45, 2.75) is 19.3 Å². The summed E-state index contributed by atoms with van der Waals surface area (Å²) in [7, 11) is 0. The number of pyridine rings is 2. The molecular formula is C15H17ClN4O. The van der Waals surface area contributed by atoms with Gasteiger partial charge in [0.15, 0.2) is 0 Å². The Morgan fingerprint density at radius 3 is 2.62 bits per heavy atom. The van der Waals surface area contributed by atoms with E-state index in [1.807, 2.05) is 12.1 Å². The summed E-state index contributed by atoms with van der Waals surface area (Å²) in [6.45, 7) is 4.62. The Kier molecular flexibility index (Phi) is 4.75. The predicted molar refractivity (Wildman–Crippen MR) is 83.5 cm³/mol. The second kappa shape index (κ2) is 6.54. The standard InChI is InChI=1S/C15H17ClN4O/c1-15(2,11-3-5-17-6-4-11)10-19-14(21)20-13-7-12(16)8-18-9-13/h3-9H,10H2,1-2H3,(H2,19,20,21). The van der Waals surface area contributed by atoms with Crippen molar-refractivity contribution in [2.75, 3.05) is 11.9 Å². The second-order valence-corrected chi connectivity index (χ2v) is 5.76. The molecule has 110 valence electrons. The number of nitrogens with one attached hydrogen (secondary N) is 2. The lowest BCUT2D eigenvalue weighted by Gasteiger charge is -2.25. The van der Waals surface area contributed by atoms with Crippen LogP contribution in [0.5, 0.6) is 0 Å². The lowest BCUT2D eigenvalue weighted by Crippen LogP contribution is -2.39. The van der Waals surface area contributed by atoms with Crippen molar-refractivity contribution < 1.29 is 4.79 Å². The van der Waals surface area contributed by atoms with Crippen LogP contribution in [-0.4, -0.2) is 22.5 Å². The molecule has 0 aliphatic heterocycles. The van der Waals surface area contributed by atoms with Crippen molar-refractivity contribution in [3.05, 3.63) is 53.6 Å². The van der Waals surface area contributed by atoms with Gasteiger partial charge in [-0.05, 0) is 23.8 Å². The maximum absolute atomic E-state index is 11.9. The largest absolute Gasteiger partial charge is 0.337 e. The number of hydrogen-bond donors (Lipinski definition) is 2. The number of rotatable bonds is 4. The molecule has 0 saturated heterocycles. The highest BCUT2D eigenvalue weighted by atomic mass is 35.5. The van der Waals surface area contributed by atoms with Crippen LogP contribution in [-0.2, 0) is 5.41 Å². The summed E-state index contributed by atoms with van der Waals surface area (Å²) in [5, 5.41) is 6.02. The minimum Gasteiger partial charge on any atom is -0.337 e. The first-order valence-electron chi connectivity index (χ1n) is 6.53. The van der Waals surface area contributed by atoms with E-state index in [2.05, 4.69) is 34.4 Å². The van der Waals surface area contributed by atoms with Crippen LogP contribution < -0.4 is 10.6 Å². The molecule has 2 aromatic rings. The summed E-state index contributed by atoms with van der Waals surface area (Å²) in [6.07, 6.45) is 6.54. The number of carbonyl (C=O) groups is 1. The van der Waals surface area contributed by atoms with Crippen LogP contribution in [0, 0.1) is 0 Å². The third kappa shape index (κ3) is 4.43. The highest BCUT2D eigenvalue weighted by Crippen LogP contribution is 2.21. The minimum absolute atomic E-state index is 0.188. The summed E-state index contributed by atoms with van der Waals surface area (Å²) < 4.78 is 0. The van der Waals surface area contributed by atoms with Crippen LogP contribution >= 0.6 is 11.6 Å². The smallest absolute Gasteiger partial charge is 0.319 e. The molecule has 2 N–H and O–H groups in total. The van der Waals surface area contributed by atoms with E-state index < -0.39 is 0 Å². The zero-order valence-corrected chi connectivity index (χ0v) is 12.7. The molecule has 21 heavy (non-hydrogen) atoms. The molecule has 2 rings (SSSR count). The van der Waals surface area contributed by atoms with Crippen LogP contribution in [0.4, 0.5) is 10.5 Å². The Hall–Kier alpha value is -2.14. The van der Waals surface area contributed by atoms with Gasteiger partial charge in [-0.25, -0.2) is 4.79 Å². The van der Waals surface area contributed by atoms with E-state index in [1.54, 1.807) is 24.7 Å². The number of halogens is 1. The SMILES string of the molecule is CC(C)(CNC(=O)Nc1cncc(Cl)c1)c1ccncc1. The molecule has 0 fully saturated rings. The fourth-order valence-corrected chi connectivity index (χ4v) is 2.04. The van der Waals surface area contributed by atoms with E-state index in [9.17, 15) is 4.79 Å². The van der Waals surface area contributed by atoms with Gasteiger partial charge in [0.05, 0.1) is 16.9 Å². The fraction of sp³-hybridized carbons (Fsp3) is 0.267. The molecule has 2 aromatic heterocycles. The Balaban J connectivity index is 1.92. The van der Waals surface area contributed by atoms with Crippen molar-refractivity contribution in [3.8, 4) is 0 Å². The van der Waals surface area contributed by atoms with Crippen molar-refractivity contribution in [1.29, 1.82) is 0 Å². The maximum Gasteiger partial charge on any atom is 0.319 e. The van der Waals surface area contributed by atoms with Crippen LogP contribution in [0.3, 0.4) is 0 Å². The number of hydrogen-bond acceptors (Lipinski definition) is 3. The van der Waals surface area contributed by atoms with Gasteiger partial charge >= 0.3 is 6.03 Å². The summed E-state index contributed by atoms with van der Waals surface area (Å²) in [4.78, 5) is 19.8. The summed E-state index contributed by atoms with van der Waals surface area (Å²) in [5.41, 5.74) is 1.48. The third-order valence-electron chi connectivity index (χ3n) is 3.12. The van der Waals surface area contributed by atoms with Gasteiger partial charge < -0.3 is 10.6 Å². The molecule has 6 heteroatoms. The molecule has 0 saturated carbocycles. The highest BCUT2D eigenvalue weighted by molar-refractivity contribution is 6.30. The fourth-order valence-electron chi connectivity index (χ4n) is 1.86. The average molecular weight is 305 g/mol. The van der Waals surface area contributed by atoms with Crippen molar-refractivity contribution in [2.24, 2.45) is 0 Å². The molecule has 2 heterocycles. The summed E-state index contributed by atoms with van der Waals surface area (Å²) in [5.74, 6) is 0. The predicted octanol–water partition coefficient (Wildman–Crippen LogP) is 3.23. The first-order chi connectivity index (χ1) is 9.97. The molecule has 5 nitrogen and oxygen atoms in total. The number of aromatic nitrogens is 2. The molecule has 0 radical (unpaired) electrons. The third-order valence-corrected chi connectivity index (χ3v) is 3.32. The monoisotopic (exact) mass is 304 g/mol. The molecule has 0 bridgehead atoms. The van der Waals surface area contributed by atoms with E-state index in [1.165, 1.54) is 6.20 Å². The van der Waals surface area contributed by atoms with Crippen molar-refractivity contribution in [3.63, 3.8) is 0 Å². The Morgan fingerprint density at radius 1 is 1.24 bits per heavy atom. The van der Waals surface area contributed by atoms with E-state index in [0.29, 0.717) is 17.3 Å². The Bertz CT molecular complexity index is 616. The lowest BCUT2D eigenvalue weighted by atomic mass is 9.85. The van der Waals surface area contributed by atoms with Crippen molar-refractivity contribution in [1.82, 2.24) is 15.3 Å². The maximum atomic E-state index is 11.9. The van der Waals surface area contributed by atoms with E-state index >= 15 is 0 Å². The molecule has 0 spiro atoms. The van der Waals surface area contributed by atoms with E-state index in [-0.39, 0.29) is 11.4 Å². The number of carbonyl (C=O) groups excluding carboxylic acids is 1. The lowest BCUT2D eigenvalue weighted by molar-refractivity contribution is 0.249.